The number of nitrogens with zero attached hydrogens (tertiary/aromatic N) is 1. The van der Waals surface area contributed by atoms with Crippen LogP contribution in [0.4, 0.5) is 4.39 Å². The Hall–Kier alpha value is -2.55. The van der Waals surface area contributed by atoms with Gasteiger partial charge in [-0.25, -0.2) is 4.39 Å². The molecule has 0 saturated heterocycles. The van der Waals surface area contributed by atoms with Crippen LogP contribution < -0.4 is 4.74 Å². The highest BCUT2D eigenvalue weighted by molar-refractivity contribution is 5.96. The van der Waals surface area contributed by atoms with Crippen LogP contribution in [-0.2, 0) is 4.79 Å². The van der Waals surface area contributed by atoms with Gasteiger partial charge < -0.3 is 14.7 Å². The monoisotopic (exact) mass is 265 g/mol. The maximum absolute atomic E-state index is 13.7. The molecule has 0 aromatic heterocycles. The molecule has 1 amide bonds. The number of methoxy groups -OCH3 is 1. The molecular weight excluding hydrogens is 253 g/mol. The van der Waals surface area contributed by atoms with Crippen LogP contribution in [0.1, 0.15) is 10.4 Å². The molecule has 0 spiro atoms. The molecule has 1 aromatic carbocycles. The molecule has 0 radical (unpaired) electrons. The van der Waals surface area contributed by atoms with E-state index in [0.717, 1.165) is 11.0 Å². The Morgan fingerprint density at radius 3 is 2.68 bits per heavy atom. The first-order chi connectivity index (χ1) is 8.99. The highest BCUT2D eigenvalue weighted by atomic mass is 19.1. The predicted octanol–water partition coefficient (Wildman–Crippen LogP) is 0.994. The van der Waals surface area contributed by atoms with Crippen LogP contribution in [0, 0.1) is 18.2 Å². The van der Waals surface area contributed by atoms with Crippen molar-refractivity contribution >= 4 is 11.9 Å². The summed E-state index contributed by atoms with van der Waals surface area (Å²) in [6, 6.07) is 3.68. The van der Waals surface area contributed by atoms with Gasteiger partial charge >= 0.3 is 5.97 Å². The Bertz CT molecular complexity index is 536. The Balaban J connectivity index is 3.02. The second-order valence-corrected chi connectivity index (χ2v) is 3.60. The summed E-state index contributed by atoms with van der Waals surface area (Å²) in [5, 5.41) is 8.68. The van der Waals surface area contributed by atoms with Gasteiger partial charge in [-0.05, 0) is 12.1 Å². The van der Waals surface area contributed by atoms with Crippen molar-refractivity contribution in [3.63, 3.8) is 0 Å². The van der Waals surface area contributed by atoms with Crippen LogP contribution in [0.2, 0.25) is 0 Å². The highest BCUT2D eigenvalue weighted by Gasteiger charge is 2.21. The fourth-order valence-electron chi connectivity index (χ4n) is 1.44. The molecule has 0 aliphatic heterocycles. The van der Waals surface area contributed by atoms with E-state index in [1.165, 1.54) is 19.2 Å². The number of benzene rings is 1. The molecule has 19 heavy (non-hydrogen) atoms. The number of carboxylic acid groups (broad SMARTS) is 1. The lowest BCUT2D eigenvalue weighted by Gasteiger charge is -2.18. The molecule has 1 aromatic rings. The number of halogens is 1. The van der Waals surface area contributed by atoms with Gasteiger partial charge in [-0.15, -0.1) is 6.42 Å². The minimum absolute atomic E-state index is 0.212. The number of carbonyl (C=O) groups is 2. The van der Waals surface area contributed by atoms with E-state index in [0.29, 0.717) is 0 Å². The molecule has 0 atom stereocenters. The van der Waals surface area contributed by atoms with E-state index in [-0.39, 0.29) is 17.9 Å². The smallest absolute Gasteiger partial charge is 0.323 e. The van der Waals surface area contributed by atoms with Crippen LogP contribution in [-0.4, -0.2) is 42.1 Å². The van der Waals surface area contributed by atoms with Gasteiger partial charge in [0.2, 0.25) is 0 Å². The fourth-order valence-corrected chi connectivity index (χ4v) is 1.44. The Morgan fingerprint density at radius 2 is 2.21 bits per heavy atom. The van der Waals surface area contributed by atoms with Gasteiger partial charge in [-0.3, -0.25) is 9.59 Å². The van der Waals surface area contributed by atoms with Crippen molar-refractivity contribution in [1.29, 1.82) is 0 Å². The van der Waals surface area contributed by atoms with Gasteiger partial charge in [0.15, 0.2) is 0 Å². The molecule has 1 rings (SSSR count). The van der Waals surface area contributed by atoms with Gasteiger partial charge in [0.05, 0.1) is 19.2 Å². The summed E-state index contributed by atoms with van der Waals surface area (Å²) in [5.41, 5.74) is -0.252. The van der Waals surface area contributed by atoms with Crippen LogP contribution in [0.3, 0.4) is 0 Å². The summed E-state index contributed by atoms with van der Waals surface area (Å²) in [4.78, 5) is 23.5. The minimum atomic E-state index is -1.22. The topological polar surface area (TPSA) is 66.8 Å². The summed E-state index contributed by atoms with van der Waals surface area (Å²) in [6.07, 6.45) is 5.05. The molecule has 0 aliphatic carbocycles. The number of amides is 1. The molecule has 0 aliphatic rings. The first-order valence-electron chi connectivity index (χ1n) is 5.27. The summed E-state index contributed by atoms with van der Waals surface area (Å²) >= 11 is 0. The van der Waals surface area contributed by atoms with Gasteiger partial charge in [-0.1, -0.05) is 5.92 Å². The zero-order chi connectivity index (χ0) is 14.4. The van der Waals surface area contributed by atoms with Crippen molar-refractivity contribution < 1.29 is 23.8 Å². The summed E-state index contributed by atoms with van der Waals surface area (Å²) in [5.74, 6) is -0.376. The zero-order valence-electron chi connectivity index (χ0n) is 10.2. The Labute approximate surface area is 109 Å². The molecule has 0 heterocycles. The molecule has 1 N–H and O–H groups in total. The average molecular weight is 265 g/mol. The van der Waals surface area contributed by atoms with Gasteiger partial charge in [0, 0.05) is 6.07 Å². The predicted molar refractivity (Wildman–Crippen MR) is 65.3 cm³/mol. The Kier molecular flexibility index (Phi) is 4.89. The van der Waals surface area contributed by atoms with Crippen molar-refractivity contribution in [2.45, 2.75) is 0 Å². The van der Waals surface area contributed by atoms with Crippen molar-refractivity contribution in [3.8, 4) is 18.1 Å². The third kappa shape index (κ3) is 3.71. The number of hydrogen-bond acceptors (Lipinski definition) is 3. The Morgan fingerprint density at radius 1 is 1.53 bits per heavy atom. The van der Waals surface area contributed by atoms with Crippen LogP contribution in [0.15, 0.2) is 18.2 Å². The fraction of sp³-hybridized carbons (Fsp3) is 0.231. The number of hydrogen-bond donors (Lipinski definition) is 1. The zero-order valence-corrected chi connectivity index (χ0v) is 10.2. The lowest BCUT2D eigenvalue weighted by molar-refractivity contribution is -0.137. The van der Waals surface area contributed by atoms with E-state index in [9.17, 15) is 14.0 Å². The van der Waals surface area contributed by atoms with E-state index in [2.05, 4.69) is 5.92 Å². The van der Waals surface area contributed by atoms with Crippen molar-refractivity contribution in [2.24, 2.45) is 0 Å². The summed E-state index contributed by atoms with van der Waals surface area (Å²) in [7, 11) is 1.37. The van der Waals surface area contributed by atoms with Gasteiger partial charge in [0.1, 0.15) is 18.1 Å². The first-order valence-corrected chi connectivity index (χ1v) is 5.27. The third-order valence-corrected chi connectivity index (χ3v) is 2.30. The van der Waals surface area contributed by atoms with E-state index in [1.807, 2.05) is 0 Å². The van der Waals surface area contributed by atoms with E-state index in [4.69, 9.17) is 16.3 Å². The summed E-state index contributed by atoms with van der Waals surface area (Å²) < 4.78 is 18.5. The van der Waals surface area contributed by atoms with Crippen molar-refractivity contribution in [1.82, 2.24) is 4.90 Å². The molecule has 0 bridgehead atoms. The quantitative estimate of drug-likeness (QED) is 0.806. The molecule has 0 unspecified atom stereocenters. The van der Waals surface area contributed by atoms with Gasteiger partial charge in [-0.2, -0.15) is 0 Å². The summed E-state index contributed by atoms with van der Waals surface area (Å²) in [6.45, 7) is -0.800. The molecular formula is C13H12FNO4. The third-order valence-electron chi connectivity index (χ3n) is 2.30. The lowest BCUT2D eigenvalue weighted by atomic mass is 10.1. The number of carboxylic acids is 1. The average Bonchev–Trinajstić information content (AvgIpc) is 2.36. The van der Waals surface area contributed by atoms with E-state index < -0.39 is 24.2 Å². The van der Waals surface area contributed by atoms with Crippen molar-refractivity contribution in [2.75, 3.05) is 20.2 Å². The largest absolute Gasteiger partial charge is 0.497 e. The second-order valence-electron chi connectivity index (χ2n) is 3.60. The first kappa shape index (κ1) is 14.5. The standard InChI is InChI=1S/C13H12FNO4/c1-3-6-15(8-12(16)17)13(18)10-5-4-9(19-2)7-11(10)14/h1,4-5,7H,6,8H2,2H3,(H,16,17). The van der Waals surface area contributed by atoms with E-state index in [1.54, 1.807) is 0 Å². The molecule has 100 valence electrons. The van der Waals surface area contributed by atoms with Crippen LogP contribution in [0.25, 0.3) is 0 Å². The SMILES string of the molecule is C#CCN(CC(=O)O)C(=O)c1ccc(OC)cc1F. The molecule has 0 fully saturated rings. The molecule has 6 heteroatoms. The number of aliphatic carboxylic acids is 1. The van der Waals surface area contributed by atoms with E-state index >= 15 is 0 Å². The number of carbonyl (C=O) groups excluding carboxylic acids is 1. The van der Waals surface area contributed by atoms with Crippen LogP contribution >= 0.6 is 0 Å². The maximum Gasteiger partial charge on any atom is 0.323 e. The number of ether oxygens (including phenoxy) is 1. The van der Waals surface area contributed by atoms with Crippen molar-refractivity contribution in [3.05, 3.63) is 29.6 Å². The highest BCUT2D eigenvalue weighted by Crippen LogP contribution is 2.17. The van der Waals surface area contributed by atoms with Gasteiger partial charge in [0.25, 0.3) is 5.91 Å². The molecule has 0 saturated carbocycles. The number of rotatable bonds is 5. The lowest BCUT2D eigenvalue weighted by Crippen LogP contribution is -2.36. The number of terminal acetylenes is 1. The minimum Gasteiger partial charge on any atom is -0.497 e. The normalized spacial score (nSPS) is 9.53. The molecule has 5 nitrogen and oxygen atoms in total. The second kappa shape index (κ2) is 6.40. The maximum atomic E-state index is 13.7. The van der Waals surface area contributed by atoms with Crippen LogP contribution in [0.5, 0.6) is 5.75 Å².